The zero-order valence-corrected chi connectivity index (χ0v) is 12.4. The largest absolute Gasteiger partial charge is 0.381 e. The highest BCUT2D eigenvalue weighted by Gasteiger charge is 2.15. The predicted octanol–water partition coefficient (Wildman–Crippen LogP) is 0.197. The first-order chi connectivity index (χ1) is 8.99. The first kappa shape index (κ1) is 15.8. The molecule has 6 heteroatoms. The van der Waals surface area contributed by atoms with E-state index in [0.29, 0.717) is 12.0 Å². The molecule has 0 aromatic heterocycles. The van der Waals surface area contributed by atoms with E-state index in [1.165, 1.54) is 0 Å². The fourth-order valence-electron chi connectivity index (χ4n) is 1.73. The van der Waals surface area contributed by atoms with Crippen molar-refractivity contribution in [1.82, 2.24) is 15.5 Å². The first-order valence-corrected chi connectivity index (χ1v) is 6.84. The average molecular weight is 270 g/mol. The normalized spacial score (nSPS) is 17.4. The molecule has 6 nitrogen and oxygen atoms in total. The van der Waals surface area contributed by atoms with Crippen LogP contribution in [0.2, 0.25) is 0 Å². The van der Waals surface area contributed by atoms with Crippen LogP contribution < -0.4 is 10.6 Å². The number of guanidine groups is 1. The topological polar surface area (TPSA) is 66.0 Å². The van der Waals surface area contributed by atoms with Crippen molar-refractivity contribution in [2.45, 2.75) is 38.8 Å². The number of aliphatic imine (C=N–C) groups is 1. The van der Waals surface area contributed by atoms with Crippen molar-refractivity contribution in [1.29, 1.82) is 0 Å². The molecule has 0 aromatic carbocycles. The summed E-state index contributed by atoms with van der Waals surface area (Å²) in [7, 11) is 3.47. The SMILES string of the molecule is CC(C)NC(=NCC(=O)N(C)C)NC1CCOCC1. The van der Waals surface area contributed by atoms with Gasteiger partial charge in [-0.2, -0.15) is 0 Å². The van der Waals surface area contributed by atoms with Crippen LogP contribution in [0.15, 0.2) is 4.99 Å². The standard InChI is InChI=1S/C13H26N4O2/c1-10(2)15-13(14-9-12(18)17(3)4)16-11-5-7-19-8-6-11/h10-11H,5-9H2,1-4H3,(H2,14,15,16). The smallest absolute Gasteiger partial charge is 0.243 e. The summed E-state index contributed by atoms with van der Waals surface area (Å²) in [6, 6.07) is 0.647. The van der Waals surface area contributed by atoms with Crippen molar-refractivity contribution >= 4 is 11.9 Å². The maximum absolute atomic E-state index is 11.6. The summed E-state index contributed by atoms with van der Waals surface area (Å²) in [5.74, 6) is 0.703. The number of rotatable bonds is 4. The summed E-state index contributed by atoms with van der Waals surface area (Å²) in [6.45, 7) is 5.83. The molecule has 110 valence electrons. The third kappa shape index (κ3) is 6.42. The van der Waals surface area contributed by atoms with Crippen molar-refractivity contribution < 1.29 is 9.53 Å². The van der Waals surface area contributed by atoms with Gasteiger partial charge in [-0.25, -0.2) is 4.99 Å². The van der Waals surface area contributed by atoms with Crippen LogP contribution in [0.3, 0.4) is 0 Å². The van der Waals surface area contributed by atoms with E-state index in [1.807, 2.05) is 0 Å². The summed E-state index contributed by atoms with van der Waals surface area (Å²) >= 11 is 0. The minimum absolute atomic E-state index is 0.00293. The Bertz CT molecular complexity index is 310. The molecule has 1 rings (SSSR count). The summed E-state index contributed by atoms with van der Waals surface area (Å²) < 4.78 is 5.33. The number of nitrogens with one attached hydrogen (secondary N) is 2. The van der Waals surface area contributed by atoms with Crippen LogP contribution in [0.25, 0.3) is 0 Å². The Morgan fingerprint density at radius 3 is 2.53 bits per heavy atom. The Morgan fingerprint density at radius 2 is 2.00 bits per heavy atom. The molecule has 0 unspecified atom stereocenters. The van der Waals surface area contributed by atoms with Crippen molar-refractivity contribution in [2.75, 3.05) is 33.9 Å². The molecule has 1 saturated heterocycles. The number of ether oxygens (including phenoxy) is 1. The molecular weight excluding hydrogens is 244 g/mol. The van der Waals surface area contributed by atoms with E-state index in [1.54, 1.807) is 19.0 Å². The molecule has 1 heterocycles. The van der Waals surface area contributed by atoms with Gasteiger partial charge in [-0.3, -0.25) is 4.79 Å². The van der Waals surface area contributed by atoms with Crippen LogP contribution in [0.1, 0.15) is 26.7 Å². The molecule has 0 radical (unpaired) electrons. The molecule has 0 aromatic rings. The van der Waals surface area contributed by atoms with Crippen molar-refractivity contribution in [3.63, 3.8) is 0 Å². The zero-order chi connectivity index (χ0) is 14.3. The van der Waals surface area contributed by atoms with Crippen molar-refractivity contribution in [3.05, 3.63) is 0 Å². The molecule has 0 atom stereocenters. The Kier molecular flexibility index (Phi) is 6.62. The highest BCUT2D eigenvalue weighted by atomic mass is 16.5. The van der Waals surface area contributed by atoms with Crippen molar-refractivity contribution in [2.24, 2.45) is 4.99 Å². The van der Waals surface area contributed by atoms with Gasteiger partial charge in [-0.05, 0) is 26.7 Å². The molecule has 19 heavy (non-hydrogen) atoms. The van der Waals surface area contributed by atoms with Crippen LogP contribution in [0.5, 0.6) is 0 Å². The van der Waals surface area contributed by atoms with Gasteiger partial charge in [0.2, 0.25) is 5.91 Å². The summed E-state index contributed by atoms with van der Waals surface area (Å²) in [5, 5.41) is 6.62. The van der Waals surface area contributed by atoms with Crippen LogP contribution in [-0.4, -0.2) is 62.7 Å². The minimum atomic E-state index is -0.00293. The van der Waals surface area contributed by atoms with Gasteiger partial charge in [-0.1, -0.05) is 0 Å². The number of likely N-dealkylation sites (N-methyl/N-ethyl adjacent to an activating group) is 1. The van der Waals surface area contributed by atoms with E-state index in [-0.39, 0.29) is 18.5 Å². The van der Waals surface area contributed by atoms with Gasteiger partial charge in [0.05, 0.1) is 0 Å². The van der Waals surface area contributed by atoms with E-state index in [4.69, 9.17) is 4.74 Å². The monoisotopic (exact) mass is 270 g/mol. The quantitative estimate of drug-likeness (QED) is 0.566. The van der Waals surface area contributed by atoms with Gasteiger partial charge in [0.25, 0.3) is 0 Å². The second-order valence-corrected chi connectivity index (χ2v) is 5.28. The molecule has 2 N–H and O–H groups in total. The number of nitrogens with zero attached hydrogens (tertiary/aromatic N) is 2. The fourth-order valence-corrected chi connectivity index (χ4v) is 1.73. The van der Waals surface area contributed by atoms with Gasteiger partial charge < -0.3 is 20.3 Å². The van der Waals surface area contributed by atoms with E-state index < -0.39 is 0 Å². The molecule has 0 spiro atoms. The number of carbonyl (C=O) groups excluding carboxylic acids is 1. The van der Waals surface area contributed by atoms with E-state index >= 15 is 0 Å². The summed E-state index contributed by atoms with van der Waals surface area (Å²) in [5.41, 5.74) is 0. The van der Waals surface area contributed by atoms with E-state index in [2.05, 4.69) is 29.5 Å². The lowest BCUT2D eigenvalue weighted by Crippen LogP contribution is -2.48. The van der Waals surface area contributed by atoms with Gasteiger partial charge in [0.1, 0.15) is 6.54 Å². The van der Waals surface area contributed by atoms with E-state index in [0.717, 1.165) is 26.1 Å². The Labute approximate surface area is 115 Å². The van der Waals surface area contributed by atoms with Gasteiger partial charge in [-0.15, -0.1) is 0 Å². The Hall–Kier alpha value is -1.30. The molecule has 1 fully saturated rings. The third-order valence-electron chi connectivity index (χ3n) is 2.86. The average Bonchev–Trinajstić information content (AvgIpc) is 2.36. The lowest BCUT2D eigenvalue weighted by molar-refractivity contribution is -0.127. The zero-order valence-electron chi connectivity index (χ0n) is 12.4. The first-order valence-electron chi connectivity index (χ1n) is 6.84. The molecule has 0 bridgehead atoms. The summed E-state index contributed by atoms with van der Waals surface area (Å²) in [4.78, 5) is 17.5. The number of carbonyl (C=O) groups is 1. The van der Waals surface area contributed by atoms with Crippen LogP contribution >= 0.6 is 0 Å². The predicted molar refractivity (Wildman–Crippen MR) is 76.2 cm³/mol. The van der Waals surface area contributed by atoms with Crippen LogP contribution in [0.4, 0.5) is 0 Å². The number of hydrogen-bond donors (Lipinski definition) is 2. The fraction of sp³-hybridized carbons (Fsp3) is 0.846. The molecular formula is C13H26N4O2. The lowest BCUT2D eigenvalue weighted by atomic mass is 10.1. The second kappa shape index (κ2) is 7.99. The molecule has 1 aliphatic rings. The number of hydrogen-bond acceptors (Lipinski definition) is 3. The van der Waals surface area contributed by atoms with Crippen LogP contribution in [-0.2, 0) is 9.53 Å². The molecule has 0 saturated carbocycles. The molecule has 1 amide bonds. The Balaban J connectivity index is 2.54. The second-order valence-electron chi connectivity index (χ2n) is 5.28. The van der Waals surface area contributed by atoms with Gasteiger partial charge in [0.15, 0.2) is 5.96 Å². The van der Waals surface area contributed by atoms with Gasteiger partial charge >= 0.3 is 0 Å². The highest BCUT2D eigenvalue weighted by Crippen LogP contribution is 2.05. The number of amides is 1. The van der Waals surface area contributed by atoms with Crippen molar-refractivity contribution in [3.8, 4) is 0 Å². The molecule has 1 aliphatic heterocycles. The third-order valence-corrected chi connectivity index (χ3v) is 2.86. The maximum atomic E-state index is 11.6. The minimum Gasteiger partial charge on any atom is -0.381 e. The maximum Gasteiger partial charge on any atom is 0.243 e. The lowest BCUT2D eigenvalue weighted by Gasteiger charge is -2.26. The van der Waals surface area contributed by atoms with E-state index in [9.17, 15) is 4.79 Å². The van der Waals surface area contributed by atoms with Gasteiger partial charge in [0, 0.05) is 39.4 Å². The summed E-state index contributed by atoms with van der Waals surface area (Å²) in [6.07, 6.45) is 1.95. The van der Waals surface area contributed by atoms with Crippen LogP contribution in [0, 0.1) is 0 Å². The highest BCUT2D eigenvalue weighted by molar-refractivity contribution is 5.85. The Morgan fingerprint density at radius 1 is 1.37 bits per heavy atom. The molecule has 0 aliphatic carbocycles.